The van der Waals surface area contributed by atoms with Crippen molar-refractivity contribution in [3.63, 3.8) is 0 Å². The predicted octanol–water partition coefficient (Wildman–Crippen LogP) is 3.69. The average Bonchev–Trinajstić information content (AvgIpc) is 2.75. The first-order chi connectivity index (χ1) is 8.62. The first kappa shape index (κ1) is 15.2. The first-order valence-electron chi connectivity index (χ1n) is 7.40. The van der Waals surface area contributed by atoms with Crippen molar-refractivity contribution >= 4 is 0 Å². The molecular weight excluding hydrogens is 222 g/mol. The highest BCUT2D eigenvalue weighted by Gasteiger charge is 2.18. The molecule has 2 unspecified atom stereocenters. The zero-order chi connectivity index (χ0) is 13.5. The molecule has 0 fully saturated rings. The molecule has 0 spiro atoms. The Bertz CT molecular complexity index is 344. The van der Waals surface area contributed by atoms with Crippen molar-refractivity contribution in [3.8, 4) is 0 Å². The molecule has 104 valence electrons. The Kier molecular flexibility index (Phi) is 6.41. The predicted molar refractivity (Wildman–Crippen MR) is 77.7 cm³/mol. The van der Waals surface area contributed by atoms with E-state index in [1.54, 1.807) is 0 Å². The molecule has 0 aliphatic heterocycles. The van der Waals surface area contributed by atoms with Gasteiger partial charge < -0.3 is 5.32 Å². The van der Waals surface area contributed by atoms with Crippen molar-refractivity contribution in [1.29, 1.82) is 0 Å². The van der Waals surface area contributed by atoms with E-state index in [0.717, 1.165) is 24.7 Å². The van der Waals surface area contributed by atoms with Gasteiger partial charge in [-0.05, 0) is 45.2 Å². The van der Waals surface area contributed by atoms with Gasteiger partial charge in [0.2, 0.25) is 0 Å². The van der Waals surface area contributed by atoms with E-state index in [9.17, 15) is 0 Å². The summed E-state index contributed by atoms with van der Waals surface area (Å²) in [5.74, 6) is 0.750. The van der Waals surface area contributed by atoms with Gasteiger partial charge in [-0.1, -0.05) is 27.2 Å². The molecule has 0 radical (unpaired) electrons. The maximum absolute atomic E-state index is 4.57. The fraction of sp³-hybridized carbons (Fsp3) is 0.800. The number of hydrogen-bond donors (Lipinski definition) is 1. The summed E-state index contributed by atoms with van der Waals surface area (Å²) >= 11 is 0. The van der Waals surface area contributed by atoms with Crippen molar-refractivity contribution in [2.24, 2.45) is 5.92 Å². The molecule has 1 heterocycles. The fourth-order valence-electron chi connectivity index (χ4n) is 2.30. The van der Waals surface area contributed by atoms with Gasteiger partial charge >= 0.3 is 0 Å². The SMILES string of the molecule is CCCNC(CC(C)CC)c1cc(C)nn1CC. The molecule has 1 N–H and O–H groups in total. The third kappa shape index (κ3) is 4.13. The lowest BCUT2D eigenvalue weighted by atomic mass is 9.97. The van der Waals surface area contributed by atoms with Gasteiger partial charge in [0.15, 0.2) is 0 Å². The van der Waals surface area contributed by atoms with E-state index < -0.39 is 0 Å². The highest BCUT2D eigenvalue weighted by molar-refractivity contribution is 5.13. The van der Waals surface area contributed by atoms with Crippen LogP contribution >= 0.6 is 0 Å². The van der Waals surface area contributed by atoms with Crippen LogP contribution in [0.5, 0.6) is 0 Å². The Labute approximate surface area is 112 Å². The van der Waals surface area contributed by atoms with Crippen molar-refractivity contribution in [2.75, 3.05) is 6.54 Å². The number of aromatic nitrogens is 2. The van der Waals surface area contributed by atoms with Crippen LogP contribution in [0.25, 0.3) is 0 Å². The van der Waals surface area contributed by atoms with Gasteiger partial charge in [0, 0.05) is 12.6 Å². The molecule has 2 atom stereocenters. The molecule has 0 bridgehead atoms. The molecule has 3 nitrogen and oxygen atoms in total. The summed E-state index contributed by atoms with van der Waals surface area (Å²) in [6.07, 6.45) is 3.61. The van der Waals surface area contributed by atoms with Crippen LogP contribution in [-0.2, 0) is 6.54 Å². The Morgan fingerprint density at radius 2 is 2.06 bits per heavy atom. The second-order valence-electron chi connectivity index (χ2n) is 5.28. The minimum Gasteiger partial charge on any atom is -0.309 e. The Balaban J connectivity index is 2.85. The van der Waals surface area contributed by atoms with Gasteiger partial charge in [0.1, 0.15) is 0 Å². The standard InChI is InChI=1S/C15H29N3/c1-6-9-16-14(10-12(4)7-2)15-11-13(5)17-18(15)8-3/h11-12,14,16H,6-10H2,1-5H3. The van der Waals surface area contributed by atoms with E-state index in [1.807, 2.05) is 0 Å². The monoisotopic (exact) mass is 251 g/mol. The van der Waals surface area contributed by atoms with E-state index in [2.05, 4.69) is 55.8 Å². The summed E-state index contributed by atoms with van der Waals surface area (Å²) in [6, 6.07) is 2.68. The topological polar surface area (TPSA) is 29.9 Å². The van der Waals surface area contributed by atoms with Gasteiger partial charge in [0.25, 0.3) is 0 Å². The summed E-state index contributed by atoms with van der Waals surface area (Å²) in [6.45, 7) is 13.1. The number of rotatable bonds is 8. The lowest BCUT2D eigenvalue weighted by molar-refractivity contribution is 0.382. The van der Waals surface area contributed by atoms with Gasteiger partial charge in [-0.3, -0.25) is 4.68 Å². The third-order valence-corrected chi connectivity index (χ3v) is 3.57. The average molecular weight is 251 g/mol. The Morgan fingerprint density at radius 1 is 1.33 bits per heavy atom. The molecule has 1 rings (SSSR count). The zero-order valence-corrected chi connectivity index (χ0v) is 12.7. The third-order valence-electron chi connectivity index (χ3n) is 3.57. The van der Waals surface area contributed by atoms with Crippen LogP contribution in [0.15, 0.2) is 6.07 Å². The van der Waals surface area contributed by atoms with E-state index in [-0.39, 0.29) is 0 Å². The van der Waals surface area contributed by atoms with E-state index >= 15 is 0 Å². The minimum atomic E-state index is 0.445. The molecule has 0 aliphatic carbocycles. The van der Waals surface area contributed by atoms with Crippen molar-refractivity contribution in [1.82, 2.24) is 15.1 Å². The summed E-state index contributed by atoms with van der Waals surface area (Å²) in [4.78, 5) is 0. The second kappa shape index (κ2) is 7.57. The smallest absolute Gasteiger partial charge is 0.0597 e. The van der Waals surface area contributed by atoms with Gasteiger partial charge in [-0.25, -0.2) is 0 Å². The van der Waals surface area contributed by atoms with Gasteiger partial charge in [-0.15, -0.1) is 0 Å². The molecular formula is C15H29N3. The summed E-state index contributed by atoms with van der Waals surface area (Å²) < 4.78 is 2.14. The Hall–Kier alpha value is -0.830. The normalized spacial score (nSPS) is 14.7. The van der Waals surface area contributed by atoms with Crippen LogP contribution in [0.3, 0.4) is 0 Å². The largest absolute Gasteiger partial charge is 0.309 e. The quantitative estimate of drug-likeness (QED) is 0.763. The molecule has 0 saturated heterocycles. The summed E-state index contributed by atoms with van der Waals surface area (Å²) in [5, 5.41) is 8.25. The van der Waals surface area contributed by atoms with Crippen LogP contribution in [-0.4, -0.2) is 16.3 Å². The summed E-state index contributed by atoms with van der Waals surface area (Å²) in [5.41, 5.74) is 2.48. The van der Waals surface area contributed by atoms with Crippen LogP contribution < -0.4 is 5.32 Å². The summed E-state index contributed by atoms with van der Waals surface area (Å²) in [7, 11) is 0. The molecule has 0 saturated carbocycles. The molecule has 0 amide bonds. The number of hydrogen-bond acceptors (Lipinski definition) is 2. The molecule has 1 aromatic rings. The lowest BCUT2D eigenvalue weighted by Gasteiger charge is -2.22. The molecule has 18 heavy (non-hydrogen) atoms. The maximum atomic E-state index is 4.57. The van der Waals surface area contributed by atoms with Crippen molar-refractivity contribution in [2.45, 2.75) is 66.5 Å². The van der Waals surface area contributed by atoms with Gasteiger partial charge in [-0.2, -0.15) is 5.10 Å². The van der Waals surface area contributed by atoms with Gasteiger partial charge in [0.05, 0.1) is 11.4 Å². The highest BCUT2D eigenvalue weighted by atomic mass is 15.3. The van der Waals surface area contributed by atoms with Crippen LogP contribution in [0.2, 0.25) is 0 Å². The van der Waals surface area contributed by atoms with Crippen LogP contribution in [0.1, 0.15) is 64.4 Å². The second-order valence-corrected chi connectivity index (χ2v) is 5.28. The number of nitrogens with one attached hydrogen (secondary N) is 1. The molecule has 1 aromatic heterocycles. The van der Waals surface area contributed by atoms with E-state index in [1.165, 1.54) is 25.0 Å². The molecule has 0 aromatic carbocycles. The maximum Gasteiger partial charge on any atom is 0.0597 e. The Morgan fingerprint density at radius 3 is 2.61 bits per heavy atom. The van der Waals surface area contributed by atoms with Crippen molar-refractivity contribution < 1.29 is 0 Å². The zero-order valence-electron chi connectivity index (χ0n) is 12.7. The van der Waals surface area contributed by atoms with E-state index in [4.69, 9.17) is 0 Å². The molecule has 3 heteroatoms. The van der Waals surface area contributed by atoms with Crippen LogP contribution in [0, 0.1) is 12.8 Å². The van der Waals surface area contributed by atoms with Crippen molar-refractivity contribution in [3.05, 3.63) is 17.5 Å². The number of nitrogens with zero attached hydrogens (tertiary/aromatic N) is 2. The molecule has 0 aliphatic rings. The fourth-order valence-corrected chi connectivity index (χ4v) is 2.30. The number of aryl methyl sites for hydroxylation is 2. The highest BCUT2D eigenvalue weighted by Crippen LogP contribution is 2.24. The van der Waals surface area contributed by atoms with E-state index in [0.29, 0.717) is 6.04 Å². The minimum absolute atomic E-state index is 0.445. The lowest BCUT2D eigenvalue weighted by Crippen LogP contribution is -2.26. The first-order valence-corrected chi connectivity index (χ1v) is 7.40. The van der Waals surface area contributed by atoms with Crippen LogP contribution in [0.4, 0.5) is 0 Å².